The van der Waals surface area contributed by atoms with E-state index in [2.05, 4.69) is 5.16 Å². The van der Waals surface area contributed by atoms with E-state index in [4.69, 9.17) is 14.5 Å². The Hall–Kier alpha value is -2.80. The van der Waals surface area contributed by atoms with Gasteiger partial charge in [-0.1, -0.05) is 23.4 Å². The first-order valence-electron chi connectivity index (χ1n) is 5.75. The van der Waals surface area contributed by atoms with Crippen LogP contribution in [0.5, 0.6) is 5.75 Å². The van der Waals surface area contributed by atoms with Crippen LogP contribution in [0.1, 0.15) is 5.69 Å². The van der Waals surface area contributed by atoms with Crippen LogP contribution in [0.15, 0.2) is 47.0 Å². The maximum Gasteiger partial charge on any atom is 0.184 e. The average Bonchev–Trinajstić information content (AvgIpc) is 2.95. The molecule has 3 aromatic rings. The molecule has 0 radical (unpaired) electrons. The number of nitrogens with zero attached hydrogens (tertiary/aromatic N) is 2. The molecule has 0 saturated heterocycles. The van der Waals surface area contributed by atoms with Crippen molar-refractivity contribution in [2.45, 2.75) is 0 Å². The number of rotatable bonds is 2. The molecule has 0 unspecified atom stereocenters. The van der Waals surface area contributed by atoms with Crippen LogP contribution in [-0.2, 0) is 0 Å². The molecule has 0 aliphatic rings. The molecule has 2 aromatic carbocycles. The molecule has 1 heterocycles. The minimum absolute atomic E-state index is 0.282. The third-order valence-electron chi connectivity index (χ3n) is 2.96. The lowest BCUT2D eigenvalue weighted by Gasteiger charge is -2.03. The van der Waals surface area contributed by atoms with E-state index in [1.165, 1.54) is 0 Å². The minimum atomic E-state index is 0.282. The third-order valence-corrected chi connectivity index (χ3v) is 2.96. The van der Waals surface area contributed by atoms with Gasteiger partial charge < -0.3 is 9.26 Å². The molecule has 1 aromatic heterocycles. The maximum atomic E-state index is 8.74. The first kappa shape index (κ1) is 11.3. The Morgan fingerprint density at radius 1 is 1.11 bits per heavy atom. The first-order valence-corrected chi connectivity index (χ1v) is 5.75. The van der Waals surface area contributed by atoms with Crippen molar-refractivity contribution in [3.8, 4) is 23.1 Å². The molecule has 19 heavy (non-hydrogen) atoms. The quantitative estimate of drug-likeness (QED) is 0.699. The zero-order valence-electron chi connectivity index (χ0n) is 10.3. The Labute approximate surface area is 109 Å². The van der Waals surface area contributed by atoms with Crippen LogP contribution in [0, 0.1) is 11.3 Å². The molecule has 92 valence electrons. The van der Waals surface area contributed by atoms with Crippen molar-refractivity contribution in [2.24, 2.45) is 0 Å². The zero-order valence-corrected chi connectivity index (χ0v) is 10.3. The van der Waals surface area contributed by atoms with Gasteiger partial charge in [0.05, 0.1) is 7.11 Å². The summed E-state index contributed by atoms with van der Waals surface area (Å²) in [7, 11) is 1.65. The van der Waals surface area contributed by atoms with E-state index in [1.807, 2.05) is 42.5 Å². The summed E-state index contributed by atoms with van der Waals surface area (Å²) >= 11 is 0. The molecule has 0 saturated carbocycles. The standard InChI is InChI=1S/C15H10N2O2/c1-18-14-5-4-10-6-12(3-2-11(10)7-14)15-8-13(9-16)17-19-15/h2-8H,1H3. The molecule has 4 nitrogen and oxygen atoms in total. The van der Waals surface area contributed by atoms with Gasteiger partial charge in [0.1, 0.15) is 11.8 Å². The second kappa shape index (κ2) is 4.46. The predicted octanol–water partition coefficient (Wildman–Crippen LogP) is 3.38. The molecule has 3 rings (SSSR count). The summed E-state index contributed by atoms with van der Waals surface area (Å²) in [6, 6.07) is 15.4. The number of aromatic nitrogens is 1. The monoisotopic (exact) mass is 250 g/mol. The SMILES string of the molecule is COc1ccc2cc(-c3cc(C#N)no3)ccc2c1. The van der Waals surface area contributed by atoms with Crippen LogP contribution in [0.4, 0.5) is 0 Å². The largest absolute Gasteiger partial charge is 0.497 e. The van der Waals surface area contributed by atoms with E-state index in [0.717, 1.165) is 22.1 Å². The molecule has 0 N–H and O–H groups in total. The summed E-state index contributed by atoms with van der Waals surface area (Å²) in [4.78, 5) is 0. The van der Waals surface area contributed by atoms with E-state index < -0.39 is 0 Å². The first-order chi connectivity index (χ1) is 9.30. The fraction of sp³-hybridized carbons (Fsp3) is 0.0667. The Kier molecular flexibility index (Phi) is 2.66. The van der Waals surface area contributed by atoms with E-state index in [-0.39, 0.29) is 5.69 Å². The number of benzene rings is 2. The van der Waals surface area contributed by atoms with Crippen molar-refractivity contribution in [3.63, 3.8) is 0 Å². The molecule has 0 aliphatic carbocycles. The van der Waals surface area contributed by atoms with Gasteiger partial charge in [-0.25, -0.2) is 0 Å². The van der Waals surface area contributed by atoms with Gasteiger partial charge in [-0.05, 0) is 29.0 Å². The summed E-state index contributed by atoms with van der Waals surface area (Å²) in [6.07, 6.45) is 0. The normalized spacial score (nSPS) is 10.3. The highest BCUT2D eigenvalue weighted by Gasteiger charge is 2.07. The lowest BCUT2D eigenvalue weighted by molar-refractivity contribution is 0.415. The van der Waals surface area contributed by atoms with Crippen molar-refractivity contribution in [1.82, 2.24) is 5.16 Å². The number of nitriles is 1. The molecular formula is C15H10N2O2. The Balaban J connectivity index is 2.09. The number of ether oxygens (including phenoxy) is 1. The van der Waals surface area contributed by atoms with Crippen LogP contribution in [0.3, 0.4) is 0 Å². The number of hydrogen-bond acceptors (Lipinski definition) is 4. The van der Waals surface area contributed by atoms with Crippen molar-refractivity contribution in [3.05, 3.63) is 48.2 Å². The number of fused-ring (bicyclic) bond motifs is 1. The average molecular weight is 250 g/mol. The molecule has 0 fully saturated rings. The smallest absolute Gasteiger partial charge is 0.184 e. The van der Waals surface area contributed by atoms with Gasteiger partial charge in [0.15, 0.2) is 11.5 Å². The van der Waals surface area contributed by atoms with E-state index >= 15 is 0 Å². The molecule has 0 aliphatic heterocycles. The van der Waals surface area contributed by atoms with Crippen LogP contribution < -0.4 is 4.74 Å². The van der Waals surface area contributed by atoms with Crippen LogP contribution in [0.2, 0.25) is 0 Å². The van der Waals surface area contributed by atoms with Gasteiger partial charge in [0.2, 0.25) is 0 Å². The fourth-order valence-corrected chi connectivity index (χ4v) is 1.97. The number of methoxy groups -OCH3 is 1. The lowest BCUT2D eigenvalue weighted by atomic mass is 10.1. The molecule has 4 heteroatoms. The summed E-state index contributed by atoms with van der Waals surface area (Å²) in [5, 5.41) is 14.6. The van der Waals surface area contributed by atoms with Gasteiger partial charge in [-0.15, -0.1) is 0 Å². The van der Waals surface area contributed by atoms with E-state index in [9.17, 15) is 0 Å². The molecular weight excluding hydrogens is 240 g/mol. The molecule has 0 bridgehead atoms. The van der Waals surface area contributed by atoms with E-state index in [1.54, 1.807) is 13.2 Å². The van der Waals surface area contributed by atoms with Gasteiger partial charge >= 0.3 is 0 Å². The topological polar surface area (TPSA) is 59.0 Å². The second-order valence-corrected chi connectivity index (χ2v) is 4.12. The molecule has 0 spiro atoms. The minimum Gasteiger partial charge on any atom is -0.497 e. The van der Waals surface area contributed by atoms with E-state index in [0.29, 0.717) is 5.76 Å². The van der Waals surface area contributed by atoms with Crippen LogP contribution >= 0.6 is 0 Å². The fourth-order valence-electron chi connectivity index (χ4n) is 1.97. The number of hydrogen-bond donors (Lipinski definition) is 0. The van der Waals surface area contributed by atoms with Gasteiger partial charge in [-0.2, -0.15) is 5.26 Å². The van der Waals surface area contributed by atoms with Gasteiger partial charge in [0, 0.05) is 11.6 Å². The van der Waals surface area contributed by atoms with Crippen LogP contribution in [-0.4, -0.2) is 12.3 Å². The molecule has 0 atom stereocenters. The zero-order chi connectivity index (χ0) is 13.2. The summed E-state index contributed by atoms with van der Waals surface area (Å²) < 4.78 is 10.3. The van der Waals surface area contributed by atoms with Crippen molar-refractivity contribution >= 4 is 10.8 Å². The second-order valence-electron chi connectivity index (χ2n) is 4.12. The van der Waals surface area contributed by atoms with Crippen LogP contribution in [0.25, 0.3) is 22.1 Å². The summed E-state index contributed by atoms with van der Waals surface area (Å²) in [5.74, 6) is 1.42. The van der Waals surface area contributed by atoms with Crippen molar-refractivity contribution in [2.75, 3.05) is 7.11 Å². The van der Waals surface area contributed by atoms with Crippen molar-refractivity contribution < 1.29 is 9.26 Å². The highest BCUT2D eigenvalue weighted by Crippen LogP contribution is 2.27. The maximum absolute atomic E-state index is 8.74. The summed E-state index contributed by atoms with van der Waals surface area (Å²) in [5.41, 5.74) is 1.18. The summed E-state index contributed by atoms with van der Waals surface area (Å²) in [6.45, 7) is 0. The molecule has 0 amide bonds. The Bertz CT molecular complexity index is 784. The Morgan fingerprint density at radius 2 is 1.89 bits per heavy atom. The third kappa shape index (κ3) is 2.02. The van der Waals surface area contributed by atoms with Gasteiger partial charge in [0.25, 0.3) is 0 Å². The van der Waals surface area contributed by atoms with Crippen molar-refractivity contribution in [1.29, 1.82) is 5.26 Å². The Morgan fingerprint density at radius 3 is 2.63 bits per heavy atom. The van der Waals surface area contributed by atoms with Gasteiger partial charge in [-0.3, -0.25) is 0 Å². The lowest BCUT2D eigenvalue weighted by Crippen LogP contribution is -1.82. The highest BCUT2D eigenvalue weighted by molar-refractivity contribution is 5.87. The predicted molar refractivity (Wildman–Crippen MR) is 70.7 cm³/mol. The highest BCUT2D eigenvalue weighted by atomic mass is 16.5.